The van der Waals surface area contributed by atoms with E-state index in [1.165, 1.54) is 24.1 Å². The number of pyridine rings is 1. The molecule has 2 aromatic carbocycles. The second-order valence-corrected chi connectivity index (χ2v) is 9.84. The number of hydrogen-bond donors (Lipinski definition) is 1. The Labute approximate surface area is 198 Å². The van der Waals surface area contributed by atoms with Crippen molar-refractivity contribution in [1.29, 1.82) is 0 Å². The van der Waals surface area contributed by atoms with Crippen LogP contribution in [0.25, 0.3) is 10.9 Å². The van der Waals surface area contributed by atoms with Gasteiger partial charge in [-0.2, -0.15) is 0 Å². The summed E-state index contributed by atoms with van der Waals surface area (Å²) in [5.74, 6) is 0.762. The Hall–Kier alpha value is -3.48. The first-order valence-electron chi connectivity index (χ1n) is 12.4. The number of aromatic nitrogens is 5. The molecule has 6 rings (SSSR count). The molecule has 1 fully saturated rings. The quantitative estimate of drug-likeness (QED) is 0.480. The summed E-state index contributed by atoms with van der Waals surface area (Å²) in [5, 5.41) is 14.2. The monoisotopic (exact) mass is 454 g/mol. The van der Waals surface area contributed by atoms with E-state index in [2.05, 4.69) is 75.7 Å². The number of benzene rings is 2. The first kappa shape index (κ1) is 21.1. The van der Waals surface area contributed by atoms with Crippen LogP contribution in [-0.4, -0.2) is 31.7 Å². The van der Waals surface area contributed by atoms with Crippen LogP contribution in [0.3, 0.4) is 0 Å². The van der Waals surface area contributed by atoms with Gasteiger partial charge in [0.15, 0.2) is 5.82 Å². The highest BCUT2D eigenvalue weighted by Crippen LogP contribution is 2.39. The van der Waals surface area contributed by atoms with Crippen molar-refractivity contribution in [2.24, 2.45) is 0 Å². The van der Waals surface area contributed by atoms with Gasteiger partial charge in [0.1, 0.15) is 6.04 Å². The number of nitrogens with zero attached hydrogens (tertiary/aromatic N) is 5. The van der Waals surface area contributed by atoms with E-state index in [1.807, 2.05) is 10.7 Å². The van der Waals surface area contributed by atoms with Crippen molar-refractivity contribution in [2.75, 3.05) is 11.4 Å². The number of hydrogen-bond acceptors (Lipinski definition) is 5. The van der Waals surface area contributed by atoms with Crippen LogP contribution in [0.5, 0.6) is 0 Å². The molecule has 1 N–H and O–H groups in total. The van der Waals surface area contributed by atoms with Crippen LogP contribution in [0.4, 0.5) is 5.69 Å². The maximum atomic E-state index is 13.6. The van der Waals surface area contributed by atoms with Gasteiger partial charge in [-0.05, 0) is 84.8 Å². The van der Waals surface area contributed by atoms with Crippen LogP contribution in [0.2, 0.25) is 0 Å². The Morgan fingerprint density at radius 1 is 1.06 bits per heavy atom. The van der Waals surface area contributed by atoms with Gasteiger partial charge in [-0.1, -0.05) is 37.1 Å². The second-order valence-electron chi connectivity index (χ2n) is 9.84. The maximum Gasteiger partial charge on any atom is 0.254 e. The number of nitrogens with one attached hydrogen (secondary N) is 1. The molecule has 4 aromatic rings. The molecule has 7 heteroatoms. The smallest absolute Gasteiger partial charge is 0.254 e. The fourth-order valence-corrected chi connectivity index (χ4v) is 5.96. The largest absolute Gasteiger partial charge is 0.357 e. The van der Waals surface area contributed by atoms with Crippen molar-refractivity contribution in [3.8, 4) is 0 Å². The van der Waals surface area contributed by atoms with Crippen LogP contribution < -0.4 is 10.5 Å². The molecule has 34 heavy (non-hydrogen) atoms. The molecule has 1 aliphatic carbocycles. The number of anilines is 1. The van der Waals surface area contributed by atoms with E-state index in [1.54, 1.807) is 0 Å². The van der Waals surface area contributed by atoms with Gasteiger partial charge in [-0.25, -0.2) is 4.68 Å². The summed E-state index contributed by atoms with van der Waals surface area (Å²) in [6.45, 7) is 5.01. The number of tetrazole rings is 1. The lowest BCUT2D eigenvalue weighted by molar-refractivity contribution is 0.425. The summed E-state index contributed by atoms with van der Waals surface area (Å²) < 4.78 is 2.00. The molecule has 1 saturated carbocycles. The fourth-order valence-electron chi connectivity index (χ4n) is 5.96. The molecular formula is C27H30N6O. The molecule has 0 saturated heterocycles. The first-order valence-corrected chi connectivity index (χ1v) is 12.4. The predicted molar refractivity (Wildman–Crippen MR) is 133 cm³/mol. The number of para-hydroxylation sites is 1. The molecule has 3 heterocycles. The van der Waals surface area contributed by atoms with Gasteiger partial charge in [0.2, 0.25) is 0 Å². The van der Waals surface area contributed by atoms with Crippen molar-refractivity contribution in [3.05, 3.63) is 80.9 Å². The van der Waals surface area contributed by atoms with E-state index < -0.39 is 0 Å². The summed E-state index contributed by atoms with van der Waals surface area (Å²) in [7, 11) is 0. The molecule has 2 aliphatic rings. The number of fused-ring (bicyclic) bond motifs is 2. The van der Waals surface area contributed by atoms with Crippen LogP contribution in [-0.2, 0) is 6.42 Å². The molecule has 0 unspecified atom stereocenters. The number of aryl methyl sites for hydroxylation is 3. The summed E-state index contributed by atoms with van der Waals surface area (Å²) >= 11 is 0. The van der Waals surface area contributed by atoms with Crippen molar-refractivity contribution in [3.63, 3.8) is 0 Å². The zero-order valence-corrected chi connectivity index (χ0v) is 19.8. The van der Waals surface area contributed by atoms with E-state index in [4.69, 9.17) is 0 Å². The summed E-state index contributed by atoms with van der Waals surface area (Å²) in [5.41, 5.74) is 6.26. The van der Waals surface area contributed by atoms with Crippen LogP contribution in [0.1, 0.15) is 72.3 Å². The van der Waals surface area contributed by atoms with Gasteiger partial charge in [-0.15, -0.1) is 5.10 Å². The summed E-state index contributed by atoms with van der Waals surface area (Å²) in [6.07, 6.45) is 6.61. The first-order chi connectivity index (χ1) is 16.6. The SMILES string of the molecule is Cc1cc(C)c2cc([C@H](c3nnnn3C3CCCC3)N3CCCc4ccccc43)c(=O)[nH]c2c1. The lowest BCUT2D eigenvalue weighted by Crippen LogP contribution is -2.38. The lowest BCUT2D eigenvalue weighted by Gasteiger charge is -2.37. The van der Waals surface area contributed by atoms with Crippen molar-refractivity contribution < 1.29 is 0 Å². The highest BCUT2D eigenvalue weighted by atomic mass is 16.1. The minimum Gasteiger partial charge on any atom is -0.357 e. The normalized spacial score (nSPS) is 17.3. The molecule has 1 aliphatic heterocycles. The molecule has 174 valence electrons. The summed E-state index contributed by atoms with van der Waals surface area (Å²) in [6, 6.07) is 14.7. The molecule has 0 amide bonds. The number of aromatic amines is 1. The van der Waals surface area contributed by atoms with Crippen molar-refractivity contribution in [2.45, 2.75) is 64.5 Å². The van der Waals surface area contributed by atoms with Gasteiger partial charge in [0.25, 0.3) is 5.56 Å². The molecule has 1 atom stereocenters. The fraction of sp³-hybridized carbons (Fsp3) is 0.407. The minimum atomic E-state index is -0.356. The van der Waals surface area contributed by atoms with Crippen LogP contribution in [0.15, 0.2) is 47.3 Å². The van der Waals surface area contributed by atoms with Gasteiger partial charge in [0, 0.05) is 28.7 Å². The van der Waals surface area contributed by atoms with E-state index in [-0.39, 0.29) is 17.6 Å². The van der Waals surface area contributed by atoms with Crippen LogP contribution >= 0.6 is 0 Å². The Balaban J connectivity index is 1.58. The van der Waals surface area contributed by atoms with E-state index >= 15 is 0 Å². The highest BCUT2D eigenvalue weighted by Gasteiger charge is 2.35. The molecule has 2 aromatic heterocycles. The maximum absolute atomic E-state index is 13.6. The lowest BCUT2D eigenvalue weighted by atomic mass is 9.95. The minimum absolute atomic E-state index is 0.0773. The average molecular weight is 455 g/mol. The standard InChI is InChI=1S/C27H30N6O/c1-17-14-18(2)21-16-22(27(34)28-23(21)15-17)25(26-29-30-31-33(26)20-10-4-5-11-20)32-13-7-9-19-8-3-6-12-24(19)32/h3,6,8,12,14-16,20,25H,4-5,7,9-11,13H2,1-2H3,(H,28,34)/t25-/m1/s1. The van der Waals surface area contributed by atoms with Crippen molar-refractivity contribution >= 4 is 16.6 Å². The molecular weight excluding hydrogens is 424 g/mol. The zero-order valence-electron chi connectivity index (χ0n) is 19.8. The van der Waals surface area contributed by atoms with Crippen molar-refractivity contribution in [1.82, 2.24) is 25.2 Å². The van der Waals surface area contributed by atoms with E-state index in [0.29, 0.717) is 5.56 Å². The Bertz CT molecular complexity index is 1410. The van der Waals surface area contributed by atoms with E-state index in [0.717, 1.165) is 60.1 Å². The third-order valence-corrected chi connectivity index (χ3v) is 7.53. The summed E-state index contributed by atoms with van der Waals surface area (Å²) in [4.78, 5) is 19.1. The number of H-pyrrole nitrogens is 1. The Morgan fingerprint density at radius 3 is 2.74 bits per heavy atom. The molecule has 0 spiro atoms. The zero-order chi connectivity index (χ0) is 23.2. The van der Waals surface area contributed by atoms with Gasteiger partial charge in [-0.3, -0.25) is 4.79 Å². The average Bonchev–Trinajstić information content (AvgIpc) is 3.52. The van der Waals surface area contributed by atoms with Gasteiger partial charge < -0.3 is 9.88 Å². The molecule has 7 nitrogen and oxygen atoms in total. The second kappa shape index (κ2) is 8.38. The Morgan fingerprint density at radius 2 is 1.88 bits per heavy atom. The predicted octanol–water partition coefficient (Wildman–Crippen LogP) is 4.79. The Kier molecular flexibility index (Phi) is 5.20. The topological polar surface area (TPSA) is 79.7 Å². The van der Waals surface area contributed by atoms with Crippen LogP contribution in [0, 0.1) is 13.8 Å². The van der Waals surface area contributed by atoms with Gasteiger partial charge >= 0.3 is 0 Å². The molecule has 0 radical (unpaired) electrons. The third-order valence-electron chi connectivity index (χ3n) is 7.53. The third kappa shape index (κ3) is 3.50. The molecule has 0 bridgehead atoms. The van der Waals surface area contributed by atoms with Gasteiger partial charge in [0.05, 0.1) is 6.04 Å². The highest BCUT2D eigenvalue weighted by molar-refractivity contribution is 5.83. The number of rotatable bonds is 4. The van der Waals surface area contributed by atoms with E-state index in [9.17, 15) is 4.79 Å².